The Labute approximate surface area is 170 Å². The number of hydrogen-bond acceptors (Lipinski definition) is 4. The maximum Gasteiger partial charge on any atom is 0.257 e. The molecule has 0 unspecified atom stereocenters. The first-order valence-electron chi connectivity index (χ1n) is 9.42. The van der Waals surface area contributed by atoms with Gasteiger partial charge < -0.3 is 16.0 Å². The van der Waals surface area contributed by atoms with Gasteiger partial charge in [0.1, 0.15) is 0 Å². The van der Waals surface area contributed by atoms with Crippen LogP contribution < -0.4 is 16.0 Å². The lowest BCUT2D eigenvalue weighted by Crippen LogP contribution is -2.13. The Hall–Kier alpha value is -3.67. The second-order valence-corrected chi connectivity index (χ2v) is 7.08. The summed E-state index contributed by atoms with van der Waals surface area (Å²) in [6, 6.07) is 16.9. The largest absolute Gasteiger partial charge is 0.354 e. The molecule has 6 heteroatoms. The van der Waals surface area contributed by atoms with Gasteiger partial charge in [0.05, 0.1) is 17.4 Å². The lowest BCUT2D eigenvalue weighted by Gasteiger charge is -2.11. The summed E-state index contributed by atoms with van der Waals surface area (Å²) in [6.07, 6.45) is 3.19. The van der Waals surface area contributed by atoms with Crippen molar-refractivity contribution in [3.05, 3.63) is 78.1 Å². The average Bonchev–Trinajstić information content (AvgIpc) is 2.68. The second kappa shape index (κ2) is 9.01. The highest BCUT2D eigenvalue weighted by Crippen LogP contribution is 2.21. The monoisotopic (exact) mass is 388 g/mol. The smallest absolute Gasteiger partial charge is 0.257 e. The Morgan fingerprint density at radius 1 is 0.828 bits per heavy atom. The number of benzene rings is 2. The van der Waals surface area contributed by atoms with Gasteiger partial charge in [-0.05, 0) is 47.9 Å². The van der Waals surface area contributed by atoms with E-state index >= 15 is 0 Å². The van der Waals surface area contributed by atoms with Gasteiger partial charge in [-0.3, -0.25) is 14.6 Å². The summed E-state index contributed by atoms with van der Waals surface area (Å²) in [5.74, 6) is 0.0241. The first-order chi connectivity index (χ1) is 13.9. The molecule has 0 saturated carbocycles. The van der Waals surface area contributed by atoms with Crippen LogP contribution in [0.4, 0.5) is 22.7 Å². The van der Waals surface area contributed by atoms with Crippen LogP contribution in [0.5, 0.6) is 0 Å². The molecule has 0 spiro atoms. The lowest BCUT2D eigenvalue weighted by atomic mass is 10.0. The summed E-state index contributed by atoms with van der Waals surface area (Å²) < 4.78 is 0. The number of pyridine rings is 1. The molecule has 0 aliphatic heterocycles. The summed E-state index contributed by atoms with van der Waals surface area (Å²) in [5, 5.41) is 8.79. The lowest BCUT2D eigenvalue weighted by molar-refractivity contribution is -0.114. The van der Waals surface area contributed by atoms with E-state index in [0.717, 1.165) is 11.4 Å². The van der Waals surface area contributed by atoms with Crippen LogP contribution in [0.15, 0.2) is 67.0 Å². The highest BCUT2D eigenvalue weighted by atomic mass is 16.2. The molecule has 148 valence electrons. The third-order valence-corrected chi connectivity index (χ3v) is 4.31. The predicted molar refractivity (Wildman–Crippen MR) is 117 cm³/mol. The van der Waals surface area contributed by atoms with Crippen molar-refractivity contribution in [2.45, 2.75) is 26.7 Å². The fourth-order valence-corrected chi connectivity index (χ4v) is 2.83. The maximum absolute atomic E-state index is 12.6. The first kappa shape index (κ1) is 20.1. The van der Waals surface area contributed by atoms with Crippen LogP contribution in [0.2, 0.25) is 0 Å². The minimum Gasteiger partial charge on any atom is -0.354 e. The van der Waals surface area contributed by atoms with E-state index in [1.54, 1.807) is 36.5 Å². The molecule has 0 saturated heterocycles. The molecule has 0 fully saturated rings. The molecule has 0 aliphatic carbocycles. The van der Waals surface area contributed by atoms with Gasteiger partial charge in [-0.15, -0.1) is 0 Å². The Balaban J connectivity index is 1.70. The van der Waals surface area contributed by atoms with Crippen molar-refractivity contribution < 1.29 is 9.59 Å². The summed E-state index contributed by atoms with van der Waals surface area (Å²) in [7, 11) is 0. The molecular weight excluding hydrogens is 364 g/mol. The number of carbonyl (C=O) groups excluding carboxylic acids is 2. The van der Waals surface area contributed by atoms with Crippen LogP contribution in [-0.2, 0) is 4.79 Å². The summed E-state index contributed by atoms with van der Waals surface area (Å²) in [5.41, 5.74) is 4.55. The van der Waals surface area contributed by atoms with E-state index < -0.39 is 0 Å². The zero-order valence-electron chi connectivity index (χ0n) is 16.7. The minimum atomic E-state index is -0.281. The highest BCUT2D eigenvalue weighted by molar-refractivity contribution is 6.05. The van der Waals surface area contributed by atoms with Crippen molar-refractivity contribution in [2.75, 3.05) is 16.0 Å². The van der Waals surface area contributed by atoms with Gasteiger partial charge >= 0.3 is 0 Å². The Morgan fingerprint density at radius 3 is 2.17 bits per heavy atom. The Kier molecular flexibility index (Phi) is 6.24. The second-order valence-electron chi connectivity index (χ2n) is 7.08. The molecule has 0 atom stereocenters. The maximum atomic E-state index is 12.6. The van der Waals surface area contributed by atoms with Crippen molar-refractivity contribution in [3.63, 3.8) is 0 Å². The van der Waals surface area contributed by atoms with Crippen LogP contribution in [0.1, 0.15) is 42.6 Å². The molecule has 3 N–H and O–H groups in total. The summed E-state index contributed by atoms with van der Waals surface area (Å²) in [6.45, 7) is 5.74. The van der Waals surface area contributed by atoms with Crippen molar-refractivity contribution in [1.82, 2.24) is 4.98 Å². The minimum absolute atomic E-state index is 0.169. The van der Waals surface area contributed by atoms with E-state index in [1.165, 1.54) is 18.7 Å². The van der Waals surface area contributed by atoms with Crippen LogP contribution >= 0.6 is 0 Å². The van der Waals surface area contributed by atoms with E-state index in [2.05, 4.69) is 46.9 Å². The molecule has 1 aromatic heterocycles. The van der Waals surface area contributed by atoms with E-state index in [-0.39, 0.29) is 11.8 Å². The molecule has 3 aromatic rings. The molecule has 29 heavy (non-hydrogen) atoms. The van der Waals surface area contributed by atoms with E-state index in [9.17, 15) is 9.59 Å². The summed E-state index contributed by atoms with van der Waals surface area (Å²) >= 11 is 0. The third kappa shape index (κ3) is 5.65. The van der Waals surface area contributed by atoms with Crippen molar-refractivity contribution >= 4 is 34.6 Å². The number of aromatic nitrogens is 1. The number of nitrogens with zero attached hydrogens (tertiary/aromatic N) is 1. The predicted octanol–water partition coefficient (Wildman–Crippen LogP) is 5.16. The quantitative estimate of drug-likeness (QED) is 0.545. The number of hydrogen-bond donors (Lipinski definition) is 3. The van der Waals surface area contributed by atoms with Gasteiger partial charge in [0.25, 0.3) is 5.91 Å². The van der Waals surface area contributed by atoms with Crippen LogP contribution in [0.3, 0.4) is 0 Å². The number of rotatable bonds is 6. The van der Waals surface area contributed by atoms with Gasteiger partial charge in [0.15, 0.2) is 0 Å². The number of anilines is 4. The van der Waals surface area contributed by atoms with Crippen LogP contribution in [-0.4, -0.2) is 16.8 Å². The fraction of sp³-hybridized carbons (Fsp3) is 0.174. The Morgan fingerprint density at radius 2 is 1.52 bits per heavy atom. The number of nitrogens with one attached hydrogen (secondary N) is 3. The molecule has 0 aliphatic rings. The SMILES string of the molecule is CC(=O)Nc1cccc(NC(=O)c2cncc(Nc3ccc(C(C)C)cc3)c2)c1. The molecule has 6 nitrogen and oxygen atoms in total. The van der Waals surface area contributed by atoms with Gasteiger partial charge in [-0.1, -0.05) is 32.0 Å². The first-order valence-corrected chi connectivity index (χ1v) is 9.42. The topological polar surface area (TPSA) is 83.1 Å². The van der Waals surface area contributed by atoms with Crippen molar-refractivity contribution in [2.24, 2.45) is 0 Å². The molecular formula is C23H24N4O2. The van der Waals surface area contributed by atoms with E-state index in [4.69, 9.17) is 0 Å². The normalized spacial score (nSPS) is 10.5. The average molecular weight is 388 g/mol. The molecule has 1 heterocycles. The molecule has 3 rings (SSSR count). The fourth-order valence-electron chi connectivity index (χ4n) is 2.83. The van der Waals surface area contributed by atoms with E-state index in [1.807, 2.05) is 12.1 Å². The van der Waals surface area contributed by atoms with Crippen molar-refractivity contribution in [1.29, 1.82) is 0 Å². The zero-order valence-corrected chi connectivity index (χ0v) is 16.7. The van der Waals surface area contributed by atoms with Crippen molar-refractivity contribution in [3.8, 4) is 0 Å². The van der Waals surface area contributed by atoms with E-state index in [0.29, 0.717) is 22.9 Å². The molecule has 2 aromatic carbocycles. The molecule has 0 bridgehead atoms. The number of carbonyl (C=O) groups is 2. The van der Waals surface area contributed by atoms with Gasteiger partial charge in [-0.2, -0.15) is 0 Å². The highest BCUT2D eigenvalue weighted by Gasteiger charge is 2.09. The standard InChI is InChI=1S/C23H24N4O2/c1-15(2)17-7-9-19(10-8-17)26-22-11-18(13-24-14-22)23(29)27-21-6-4-5-20(12-21)25-16(3)28/h4-15,26H,1-3H3,(H,25,28)(H,27,29). The number of amides is 2. The molecule has 0 radical (unpaired) electrons. The van der Waals surface area contributed by atoms with Gasteiger partial charge in [0, 0.05) is 30.2 Å². The third-order valence-electron chi connectivity index (χ3n) is 4.31. The zero-order chi connectivity index (χ0) is 20.8. The summed E-state index contributed by atoms with van der Waals surface area (Å²) in [4.78, 5) is 28.0. The van der Waals surface area contributed by atoms with Gasteiger partial charge in [-0.25, -0.2) is 0 Å². The van der Waals surface area contributed by atoms with Crippen LogP contribution in [0.25, 0.3) is 0 Å². The van der Waals surface area contributed by atoms with Gasteiger partial charge in [0.2, 0.25) is 5.91 Å². The Bertz CT molecular complexity index is 1010. The van der Waals surface area contributed by atoms with Crippen LogP contribution in [0, 0.1) is 0 Å². The molecule has 2 amide bonds.